The molecule has 1 amide bonds. The maximum atomic E-state index is 12.5. The average Bonchev–Trinajstić information content (AvgIpc) is 3.19. The van der Waals surface area contributed by atoms with Crippen LogP contribution in [-0.2, 0) is 5.75 Å². The van der Waals surface area contributed by atoms with Gasteiger partial charge in [0, 0.05) is 28.0 Å². The molecule has 0 atom stereocenters. The van der Waals surface area contributed by atoms with Gasteiger partial charge >= 0.3 is 0 Å². The minimum Gasteiger partial charge on any atom is -0.319 e. The molecule has 0 saturated heterocycles. The second-order valence-corrected chi connectivity index (χ2v) is 8.44. The van der Waals surface area contributed by atoms with Gasteiger partial charge in [0.25, 0.3) is 5.91 Å². The van der Waals surface area contributed by atoms with Crippen molar-refractivity contribution >= 4 is 34.7 Å². The summed E-state index contributed by atoms with van der Waals surface area (Å²) in [4.78, 5) is 25.6. The summed E-state index contributed by atoms with van der Waals surface area (Å²) in [5, 5.41) is 4.89. The number of hydrogen-bond acceptors (Lipinski definition) is 6. The number of hydrogen-bond donors (Lipinski definition) is 1. The molecule has 1 N–H and O–H groups in total. The molecule has 2 aromatic carbocycles. The number of thiazole rings is 1. The van der Waals surface area contributed by atoms with Crippen molar-refractivity contribution in [1.82, 2.24) is 15.0 Å². The first-order valence-corrected chi connectivity index (χ1v) is 10.9. The summed E-state index contributed by atoms with van der Waals surface area (Å²) in [5.74, 6) is 1.26. The number of carbonyl (C=O) groups excluding carboxylic acids is 1. The number of nitrogens with one attached hydrogen (secondary N) is 1. The highest BCUT2D eigenvalue weighted by Crippen LogP contribution is 2.26. The zero-order valence-electron chi connectivity index (χ0n) is 15.7. The van der Waals surface area contributed by atoms with Gasteiger partial charge in [-0.15, -0.1) is 11.3 Å². The molecular formula is C22H18N4OS2. The lowest BCUT2D eigenvalue weighted by molar-refractivity contribution is 0.102. The van der Waals surface area contributed by atoms with Crippen molar-refractivity contribution in [2.45, 2.75) is 17.0 Å². The van der Waals surface area contributed by atoms with Gasteiger partial charge in [0.1, 0.15) is 4.34 Å². The molecule has 0 fully saturated rings. The maximum absolute atomic E-state index is 12.5. The van der Waals surface area contributed by atoms with Gasteiger partial charge in [0.15, 0.2) is 5.82 Å². The van der Waals surface area contributed by atoms with E-state index in [9.17, 15) is 4.79 Å². The van der Waals surface area contributed by atoms with Gasteiger partial charge in [-0.25, -0.2) is 15.0 Å². The number of nitrogens with zero attached hydrogens (tertiary/aromatic N) is 3. The van der Waals surface area contributed by atoms with Crippen molar-refractivity contribution in [3.63, 3.8) is 0 Å². The summed E-state index contributed by atoms with van der Waals surface area (Å²) in [6.07, 6.45) is 3.24. The standard InChI is InChI=1S/C22H18N4OS2/c1-15-13-28-22(25-15)29-14-16-7-9-18(10-8-16)21(27)26-19-11-23-20(24-12-19)17-5-3-2-4-6-17/h2-13H,14H2,1H3,(H,26,27). The quantitative estimate of drug-likeness (QED) is 0.422. The Hall–Kier alpha value is -3.03. The Bertz CT molecular complexity index is 1090. The zero-order valence-corrected chi connectivity index (χ0v) is 17.3. The van der Waals surface area contributed by atoms with Gasteiger partial charge in [0.2, 0.25) is 0 Å². The molecule has 0 saturated carbocycles. The molecule has 0 bridgehead atoms. The van der Waals surface area contributed by atoms with Crippen molar-refractivity contribution in [2.24, 2.45) is 0 Å². The molecule has 0 unspecified atom stereocenters. The van der Waals surface area contributed by atoms with Crippen LogP contribution in [0.2, 0.25) is 0 Å². The number of benzene rings is 2. The normalized spacial score (nSPS) is 10.7. The monoisotopic (exact) mass is 418 g/mol. The largest absolute Gasteiger partial charge is 0.319 e. The molecule has 2 aromatic heterocycles. The molecule has 7 heteroatoms. The van der Waals surface area contributed by atoms with Gasteiger partial charge in [-0.05, 0) is 24.6 Å². The van der Waals surface area contributed by atoms with E-state index in [-0.39, 0.29) is 5.91 Å². The second kappa shape index (κ2) is 8.98. The number of thioether (sulfide) groups is 1. The molecule has 0 aliphatic carbocycles. The molecule has 2 heterocycles. The van der Waals surface area contributed by atoms with Crippen LogP contribution < -0.4 is 5.32 Å². The van der Waals surface area contributed by atoms with Crippen LogP contribution in [0.3, 0.4) is 0 Å². The van der Waals surface area contributed by atoms with Crippen LogP contribution in [0.4, 0.5) is 5.69 Å². The van der Waals surface area contributed by atoms with Gasteiger partial charge in [-0.3, -0.25) is 4.79 Å². The van der Waals surface area contributed by atoms with E-state index >= 15 is 0 Å². The number of anilines is 1. The van der Waals surface area contributed by atoms with Gasteiger partial charge < -0.3 is 5.32 Å². The second-order valence-electron chi connectivity index (χ2n) is 6.36. The summed E-state index contributed by atoms with van der Waals surface area (Å²) in [5.41, 5.74) is 4.29. The number of rotatable bonds is 6. The third-order valence-electron chi connectivity index (χ3n) is 4.12. The number of aromatic nitrogens is 3. The molecule has 0 aliphatic rings. The highest BCUT2D eigenvalue weighted by atomic mass is 32.2. The fraction of sp³-hybridized carbons (Fsp3) is 0.0909. The lowest BCUT2D eigenvalue weighted by atomic mass is 10.1. The third-order valence-corrected chi connectivity index (χ3v) is 6.33. The van der Waals surface area contributed by atoms with Crippen LogP contribution in [-0.4, -0.2) is 20.9 Å². The van der Waals surface area contributed by atoms with Crippen LogP contribution in [0.25, 0.3) is 11.4 Å². The maximum Gasteiger partial charge on any atom is 0.255 e. The Morgan fingerprint density at radius 2 is 1.76 bits per heavy atom. The van der Waals surface area contributed by atoms with Crippen LogP contribution in [0.15, 0.2) is 76.7 Å². The van der Waals surface area contributed by atoms with Gasteiger partial charge in [-0.2, -0.15) is 0 Å². The van der Waals surface area contributed by atoms with Crippen LogP contribution in [0.1, 0.15) is 21.6 Å². The first-order chi connectivity index (χ1) is 14.2. The molecule has 144 valence electrons. The van der Waals surface area contributed by atoms with E-state index in [0.29, 0.717) is 17.1 Å². The molecule has 0 aliphatic heterocycles. The lowest BCUT2D eigenvalue weighted by Gasteiger charge is -2.06. The van der Waals surface area contributed by atoms with Crippen LogP contribution >= 0.6 is 23.1 Å². The number of aryl methyl sites for hydroxylation is 1. The summed E-state index contributed by atoms with van der Waals surface area (Å²) in [6, 6.07) is 17.3. The van der Waals surface area contributed by atoms with E-state index < -0.39 is 0 Å². The van der Waals surface area contributed by atoms with E-state index in [1.807, 2.05) is 66.9 Å². The highest BCUT2D eigenvalue weighted by molar-refractivity contribution is 8.00. The van der Waals surface area contributed by atoms with Crippen molar-refractivity contribution < 1.29 is 4.79 Å². The van der Waals surface area contributed by atoms with Crippen molar-refractivity contribution in [1.29, 1.82) is 0 Å². The molecule has 0 spiro atoms. The minimum atomic E-state index is -0.184. The van der Waals surface area contributed by atoms with E-state index in [2.05, 4.69) is 20.3 Å². The Morgan fingerprint density at radius 3 is 2.41 bits per heavy atom. The predicted octanol–water partition coefficient (Wildman–Crippen LogP) is 5.45. The highest BCUT2D eigenvalue weighted by Gasteiger charge is 2.08. The zero-order chi connectivity index (χ0) is 20.1. The summed E-state index contributed by atoms with van der Waals surface area (Å²) in [7, 11) is 0. The first-order valence-electron chi connectivity index (χ1n) is 9.00. The van der Waals surface area contributed by atoms with Gasteiger partial charge in [0.05, 0.1) is 18.1 Å². The molecule has 0 radical (unpaired) electrons. The predicted molar refractivity (Wildman–Crippen MR) is 118 cm³/mol. The molecule has 4 aromatic rings. The number of amides is 1. The first kappa shape index (κ1) is 19.3. The Labute approximate surface area is 177 Å². The SMILES string of the molecule is Cc1csc(SCc2ccc(C(=O)Nc3cnc(-c4ccccc4)nc3)cc2)n1. The molecular weight excluding hydrogens is 400 g/mol. The van der Waals surface area contributed by atoms with E-state index in [0.717, 1.165) is 26.9 Å². The van der Waals surface area contributed by atoms with Crippen molar-refractivity contribution in [2.75, 3.05) is 5.32 Å². The van der Waals surface area contributed by atoms with E-state index in [4.69, 9.17) is 0 Å². The van der Waals surface area contributed by atoms with Gasteiger partial charge in [-0.1, -0.05) is 54.2 Å². The van der Waals surface area contributed by atoms with Crippen molar-refractivity contribution in [3.05, 3.63) is 89.2 Å². The lowest BCUT2D eigenvalue weighted by Crippen LogP contribution is -2.12. The summed E-state index contributed by atoms with van der Waals surface area (Å²) < 4.78 is 1.06. The third kappa shape index (κ3) is 5.07. The Morgan fingerprint density at radius 1 is 1.03 bits per heavy atom. The minimum absolute atomic E-state index is 0.184. The average molecular weight is 419 g/mol. The molecule has 5 nitrogen and oxygen atoms in total. The van der Waals surface area contributed by atoms with E-state index in [1.165, 1.54) is 0 Å². The topological polar surface area (TPSA) is 67.8 Å². The van der Waals surface area contributed by atoms with Crippen LogP contribution in [0, 0.1) is 6.92 Å². The smallest absolute Gasteiger partial charge is 0.255 e. The molecule has 29 heavy (non-hydrogen) atoms. The number of carbonyl (C=O) groups is 1. The summed E-state index contributed by atoms with van der Waals surface area (Å²) >= 11 is 3.35. The van der Waals surface area contributed by atoms with Crippen molar-refractivity contribution in [3.8, 4) is 11.4 Å². The fourth-order valence-corrected chi connectivity index (χ4v) is 4.43. The molecule has 4 rings (SSSR count). The Kier molecular flexibility index (Phi) is 5.97. The van der Waals surface area contributed by atoms with Crippen LogP contribution in [0.5, 0.6) is 0 Å². The fourth-order valence-electron chi connectivity index (χ4n) is 2.63. The summed E-state index contributed by atoms with van der Waals surface area (Å²) in [6.45, 7) is 1.99. The van der Waals surface area contributed by atoms with E-state index in [1.54, 1.807) is 35.5 Å². The Balaban J connectivity index is 1.35.